The van der Waals surface area contributed by atoms with Crippen LogP contribution in [0, 0.1) is 0 Å². The van der Waals surface area contributed by atoms with Crippen LogP contribution in [-0.4, -0.2) is 29.5 Å². The maximum atomic E-state index is 11.6. The minimum Gasteiger partial charge on any atom is -0.446 e. The Kier molecular flexibility index (Phi) is 2.49. The molecule has 1 fully saturated rings. The number of hydrogen-bond donors (Lipinski definition) is 0. The van der Waals surface area contributed by atoms with Crippen LogP contribution in [0.25, 0.3) is 10.8 Å². The summed E-state index contributed by atoms with van der Waals surface area (Å²) in [6, 6.07) is 14.7. The van der Waals surface area contributed by atoms with Crippen molar-refractivity contribution in [1.82, 2.24) is 5.01 Å². The van der Waals surface area contributed by atoms with Gasteiger partial charge in [0.15, 0.2) is 0 Å². The van der Waals surface area contributed by atoms with Gasteiger partial charge in [0.05, 0.1) is 11.8 Å². The maximum Gasteiger partial charge on any atom is 0.430 e. The van der Waals surface area contributed by atoms with E-state index in [0.717, 1.165) is 24.1 Å². The lowest BCUT2D eigenvalue weighted by molar-refractivity contribution is 0.158. The van der Waals surface area contributed by atoms with Gasteiger partial charge in [-0.25, -0.2) is 4.79 Å². The van der Waals surface area contributed by atoms with Crippen molar-refractivity contribution < 1.29 is 9.53 Å². The van der Waals surface area contributed by atoms with Gasteiger partial charge in [-0.05, 0) is 35.2 Å². The number of benzene rings is 2. The Morgan fingerprint density at radius 1 is 1.15 bits per heavy atom. The normalized spacial score (nSPS) is 21.6. The van der Waals surface area contributed by atoms with E-state index in [0.29, 0.717) is 6.61 Å². The summed E-state index contributed by atoms with van der Waals surface area (Å²) in [4.78, 5) is 11.6. The van der Waals surface area contributed by atoms with E-state index in [1.165, 1.54) is 15.8 Å². The number of amides is 1. The molecule has 0 spiro atoms. The Morgan fingerprint density at radius 2 is 2.00 bits per heavy atom. The number of nitrogens with zero attached hydrogens (tertiary/aromatic N) is 2. The van der Waals surface area contributed by atoms with Gasteiger partial charge in [0, 0.05) is 0 Å². The number of cyclic esters (lactones) is 1. The molecule has 1 unspecified atom stereocenters. The van der Waals surface area contributed by atoms with Gasteiger partial charge in [-0.15, -0.1) is 0 Å². The molecule has 2 aliphatic rings. The van der Waals surface area contributed by atoms with Gasteiger partial charge in [-0.3, -0.25) is 0 Å². The van der Waals surface area contributed by atoms with Gasteiger partial charge in [-0.2, -0.15) is 10.1 Å². The molecule has 1 amide bonds. The average Bonchev–Trinajstić information content (AvgIpc) is 2.88. The van der Waals surface area contributed by atoms with E-state index in [1.54, 1.807) is 0 Å². The van der Waals surface area contributed by atoms with Gasteiger partial charge in [0.25, 0.3) is 0 Å². The van der Waals surface area contributed by atoms with Crippen LogP contribution in [0.3, 0.4) is 0 Å². The SMILES string of the molecule is O=C1OCC2CCC(c3ccc4ccccc4c3)=NN12. The van der Waals surface area contributed by atoms with E-state index >= 15 is 0 Å². The topological polar surface area (TPSA) is 41.9 Å². The predicted octanol–water partition coefficient (Wildman–Crippen LogP) is 3.16. The third-order valence-electron chi connectivity index (χ3n) is 3.96. The summed E-state index contributed by atoms with van der Waals surface area (Å²) < 4.78 is 5.03. The summed E-state index contributed by atoms with van der Waals surface area (Å²) in [6.45, 7) is 0.466. The average molecular weight is 266 g/mol. The molecule has 4 nitrogen and oxygen atoms in total. The molecule has 0 aliphatic carbocycles. The van der Waals surface area contributed by atoms with Crippen molar-refractivity contribution in [2.24, 2.45) is 5.10 Å². The van der Waals surface area contributed by atoms with Crippen molar-refractivity contribution in [3.05, 3.63) is 48.0 Å². The van der Waals surface area contributed by atoms with Crippen LogP contribution in [-0.2, 0) is 4.74 Å². The lowest BCUT2D eigenvalue weighted by Crippen LogP contribution is -2.34. The summed E-state index contributed by atoms with van der Waals surface area (Å²) in [7, 11) is 0. The zero-order chi connectivity index (χ0) is 13.5. The van der Waals surface area contributed by atoms with Gasteiger partial charge in [0.1, 0.15) is 6.61 Å². The van der Waals surface area contributed by atoms with Crippen LogP contribution >= 0.6 is 0 Å². The highest BCUT2D eigenvalue weighted by molar-refractivity contribution is 6.04. The summed E-state index contributed by atoms with van der Waals surface area (Å²) >= 11 is 0. The van der Waals surface area contributed by atoms with E-state index in [9.17, 15) is 4.79 Å². The lowest BCUT2D eigenvalue weighted by atomic mass is 9.98. The third kappa shape index (κ3) is 1.76. The second-order valence-electron chi connectivity index (χ2n) is 5.22. The Morgan fingerprint density at radius 3 is 2.90 bits per heavy atom. The molecule has 20 heavy (non-hydrogen) atoms. The molecule has 1 atom stereocenters. The van der Waals surface area contributed by atoms with Crippen LogP contribution in [0.2, 0.25) is 0 Å². The van der Waals surface area contributed by atoms with Crippen LogP contribution in [0.4, 0.5) is 4.79 Å². The first-order valence-electron chi connectivity index (χ1n) is 6.84. The summed E-state index contributed by atoms with van der Waals surface area (Å²) in [5, 5.41) is 8.38. The molecule has 0 saturated carbocycles. The van der Waals surface area contributed by atoms with Crippen molar-refractivity contribution in [2.45, 2.75) is 18.9 Å². The summed E-state index contributed by atoms with van der Waals surface area (Å²) in [5.74, 6) is 0. The fourth-order valence-electron chi connectivity index (χ4n) is 2.84. The molecule has 0 radical (unpaired) electrons. The monoisotopic (exact) mass is 266 g/mol. The van der Waals surface area contributed by atoms with Crippen molar-refractivity contribution in [3.8, 4) is 0 Å². The Labute approximate surface area is 116 Å². The van der Waals surface area contributed by atoms with Crippen LogP contribution in [0.5, 0.6) is 0 Å². The Balaban J connectivity index is 1.75. The second-order valence-corrected chi connectivity index (χ2v) is 5.22. The van der Waals surface area contributed by atoms with Crippen molar-refractivity contribution in [3.63, 3.8) is 0 Å². The highest BCUT2D eigenvalue weighted by Crippen LogP contribution is 2.26. The smallest absolute Gasteiger partial charge is 0.430 e. The van der Waals surface area contributed by atoms with Crippen LogP contribution in [0.1, 0.15) is 18.4 Å². The molecule has 4 heteroatoms. The number of fused-ring (bicyclic) bond motifs is 2. The molecule has 2 aromatic carbocycles. The zero-order valence-corrected chi connectivity index (χ0v) is 11.0. The van der Waals surface area contributed by atoms with Gasteiger partial charge in [-0.1, -0.05) is 36.4 Å². The minimum atomic E-state index is -0.326. The fourth-order valence-corrected chi connectivity index (χ4v) is 2.84. The molecule has 1 saturated heterocycles. The van der Waals surface area contributed by atoms with Crippen molar-refractivity contribution in [1.29, 1.82) is 0 Å². The fraction of sp³-hybridized carbons (Fsp3) is 0.250. The Hall–Kier alpha value is -2.36. The Bertz CT molecular complexity index is 723. The maximum absolute atomic E-state index is 11.6. The standard InChI is InChI=1S/C16H14N2O2/c19-16-18-14(10-20-16)7-8-15(17-18)13-6-5-11-3-1-2-4-12(11)9-13/h1-6,9,14H,7-8,10H2. The van der Waals surface area contributed by atoms with Gasteiger partial charge in [0.2, 0.25) is 0 Å². The van der Waals surface area contributed by atoms with Crippen molar-refractivity contribution in [2.75, 3.05) is 6.61 Å². The second kappa shape index (κ2) is 4.34. The van der Waals surface area contributed by atoms with Crippen molar-refractivity contribution >= 4 is 22.6 Å². The predicted molar refractivity (Wildman–Crippen MR) is 76.7 cm³/mol. The van der Waals surface area contributed by atoms with E-state index in [-0.39, 0.29) is 12.1 Å². The number of hydrazone groups is 1. The minimum absolute atomic E-state index is 0.117. The molecular weight excluding hydrogens is 252 g/mol. The molecule has 2 aliphatic heterocycles. The number of carbonyl (C=O) groups is 1. The van der Waals surface area contributed by atoms with E-state index in [2.05, 4.69) is 35.4 Å². The summed E-state index contributed by atoms with van der Waals surface area (Å²) in [5.41, 5.74) is 2.05. The molecule has 0 N–H and O–H groups in total. The molecular formula is C16H14N2O2. The van der Waals surface area contributed by atoms with E-state index in [1.807, 2.05) is 12.1 Å². The number of ether oxygens (including phenoxy) is 1. The zero-order valence-electron chi connectivity index (χ0n) is 11.0. The van der Waals surface area contributed by atoms with Gasteiger partial charge < -0.3 is 4.74 Å². The first-order chi connectivity index (χ1) is 9.81. The largest absolute Gasteiger partial charge is 0.446 e. The van der Waals surface area contributed by atoms with Crippen LogP contribution < -0.4 is 0 Å². The number of hydrogen-bond acceptors (Lipinski definition) is 3. The highest BCUT2D eigenvalue weighted by Gasteiger charge is 2.36. The molecule has 2 aromatic rings. The van der Waals surface area contributed by atoms with E-state index < -0.39 is 0 Å². The molecule has 0 aromatic heterocycles. The highest BCUT2D eigenvalue weighted by atomic mass is 16.6. The van der Waals surface area contributed by atoms with Gasteiger partial charge >= 0.3 is 6.09 Å². The third-order valence-corrected chi connectivity index (χ3v) is 3.96. The van der Waals surface area contributed by atoms with Crippen LogP contribution in [0.15, 0.2) is 47.6 Å². The number of carbonyl (C=O) groups excluding carboxylic acids is 1. The molecule has 2 heterocycles. The molecule has 100 valence electrons. The lowest BCUT2D eigenvalue weighted by Gasteiger charge is -2.23. The van der Waals surface area contributed by atoms with E-state index in [4.69, 9.17) is 4.74 Å². The summed E-state index contributed by atoms with van der Waals surface area (Å²) in [6.07, 6.45) is 1.47. The number of rotatable bonds is 1. The molecule has 4 rings (SSSR count). The first-order valence-corrected chi connectivity index (χ1v) is 6.84. The first kappa shape index (κ1) is 11.5. The quantitative estimate of drug-likeness (QED) is 0.795. The molecule has 0 bridgehead atoms.